The van der Waals surface area contributed by atoms with E-state index in [0.717, 1.165) is 0 Å². The minimum absolute atomic E-state index is 0.0462. The number of aromatic nitrogens is 2. The molecule has 1 heterocycles. The predicted molar refractivity (Wildman–Crippen MR) is 52.0 cm³/mol. The molecule has 0 amide bonds. The SMILES string of the molecule is Cc1nc(N)cc(OCCCC(F)(F)F)n1. The normalized spacial score (nSPS) is 11.5. The van der Waals surface area contributed by atoms with E-state index in [2.05, 4.69) is 9.97 Å². The number of ether oxygens (including phenoxy) is 1. The van der Waals surface area contributed by atoms with Crippen molar-refractivity contribution in [3.8, 4) is 5.88 Å². The lowest BCUT2D eigenvalue weighted by Gasteiger charge is -2.08. The fraction of sp³-hybridized carbons (Fsp3) is 0.556. The van der Waals surface area contributed by atoms with E-state index in [0.29, 0.717) is 5.82 Å². The monoisotopic (exact) mass is 235 g/mol. The first-order chi connectivity index (χ1) is 7.37. The third kappa shape index (κ3) is 4.81. The summed E-state index contributed by atoms with van der Waals surface area (Å²) in [5.74, 6) is 0.858. The number of nitrogens with two attached hydrogens (primary N) is 1. The molecule has 1 rings (SSSR count). The van der Waals surface area contributed by atoms with Gasteiger partial charge in [0.25, 0.3) is 0 Å². The Balaban J connectivity index is 2.37. The molecule has 1 aromatic rings. The van der Waals surface area contributed by atoms with Crippen LogP contribution in [0, 0.1) is 6.92 Å². The summed E-state index contributed by atoms with van der Waals surface area (Å²) in [5.41, 5.74) is 5.42. The van der Waals surface area contributed by atoms with Gasteiger partial charge in [-0.2, -0.15) is 18.2 Å². The van der Waals surface area contributed by atoms with Crippen molar-refractivity contribution in [3.05, 3.63) is 11.9 Å². The van der Waals surface area contributed by atoms with Crippen molar-refractivity contribution >= 4 is 5.82 Å². The second-order valence-corrected chi connectivity index (χ2v) is 3.25. The van der Waals surface area contributed by atoms with Gasteiger partial charge in [0.15, 0.2) is 0 Å². The van der Waals surface area contributed by atoms with Crippen LogP contribution in [-0.2, 0) is 0 Å². The Labute approximate surface area is 90.6 Å². The van der Waals surface area contributed by atoms with Crippen LogP contribution >= 0.6 is 0 Å². The van der Waals surface area contributed by atoms with Crippen LogP contribution in [0.25, 0.3) is 0 Å². The fourth-order valence-electron chi connectivity index (χ4n) is 1.09. The molecule has 0 bridgehead atoms. The van der Waals surface area contributed by atoms with E-state index in [1.54, 1.807) is 6.92 Å². The molecule has 0 saturated carbocycles. The first-order valence-electron chi connectivity index (χ1n) is 4.67. The summed E-state index contributed by atoms with van der Waals surface area (Å²) in [4.78, 5) is 7.68. The Bertz CT molecular complexity index is 334. The van der Waals surface area contributed by atoms with Crippen LogP contribution in [0.4, 0.5) is 19.0 Å². The lowest BCUT2D eigenvalue weighted by atomic mass is 10.3. The standard InChI is InChI=1S/C9H12F3N3O/c1-6-14-7(13)5-8(15-6)16-4-2-3-9(10,11)12/h5H,2-4H2,1H3,(H2,13,14,15). The van der Waals surface area contributed by atoms with Gasteiger partial charge in [0, 0.05) is 12.5 Å². The highest BCUT2D eigenvalue weighted by molar-refractivity contribution is 5.32. The zero-order chi connectivity index (χ0) is 12.2. The van der Waals surface area contributed by atoms with E-state index in [4.69, 9.17) is 10.5 Å². The van der Waals surface area contributed by atoms with Gasteiger partial charge in [0.05, 0.1) is 6.61 Å². The molecule has 16 heavy (non-hydrogen) atoms. The van der Waals surface area contributed by atoms with Crippen molar-refractivity contribution in [1.29, 1.82) is 0 Å². The Morgan fingerprint density at radius 2 is 2.06 bits per heavy atom. The van der Waals surface area contributed by atoms with Crippen LogP contribution in [0.1, 0.15) is 18.7 Å². The molecule has 2 N–H and O–H groups in total. The molecule has 4 nitrogen and oxygen atoms in total. The third-order valence-electron chi connectivity index (χ3n) is 1.69. The van der Waals surface area contributed by atoms with Gasteiger partial charge >= 0.3 is 6.18 Å². The zero-order valence-corrected chi connectivity index (χ0v) is 8.71. The van der Waals surface area contributed by atoms with E-state index >= 15 is 0 Å². The van der Waals surface area contributed by atoms with Crippen LogP contribution in [0.15, 0.2) is 6.07 Å². The molecule has 0 aliphatic rings. The van der Waals surface area contributed by atoms with E-state index < -0.39 is 12.6 Å². The summed E-state index contributed by atoms with van der Waals surface area (Å²) in [6.45, 7) is 1.58. The van der Waals surface area contributed by atoms with Gasteiger partial charge < -0.3 is 10.5 Å². The van der Waals surface area contributed by atoms with E-state index in [-0.39, 0.29) is 24.7 Å². The molecule has 7 heteroatoms. The number of anilines is 1. The van der Waals surface area contributed by atoms with Crippen molar-refractivity contribution in [1.82, 2.24) is 9.97 Å². The number of halogens is 3. The summed E-state index contributed by atoms with van der Waals surface area (Å²) in [6.07, 6.45) is -5.12. The lowest BCUT2D eigenvalue weighted by molar-refractivity contribution is -0.136. The van der Waals surface area contributed by atoms with Crippen LogP contribution < -0.4 is 10.5 Å². The van der Waals surface area contributed by atoms with Crippen molar-refractivity contribution in [2.75, 3.05) is 12.3 Å². The molecule has 0 atom stereocenters. The number of aryl methyl sites for hydroxylation is 1. The molecule has 0 fully saturated rings. The Morgan fingerprint density at radius 1 is 1.38 bits per heavy atom. The van der Waals surface area contributed by atoms with Crippen LogP contribution in [0.2, 0.25) is 0 Å². The van der Waals surface area contributed by atoms with Crippen LogP contribution in [0.3, 0.4) is 0 Å². The van der Waals surface area contributed by atoms with Crippen LogP contribution in [0.5, 0.6) is 5.88 Å². The molecule has 0 saturated heterocycles. The molecule has 0 spiro atoms. The Morgan fingerprint density at radius 3 is 2.62 bits per heavy atom. The average molecular weight is 235 g/mol. The van der Waals surface area contributed by atoms with Gasteiger partial charge in [0.2, 0.25) is 5.88 Å². The number of nitrogens with zero attached hydrogens (tertiary/aromatic N) is 2. The summed E-state index contributed by atoms with van der Waals surface area (Å²) in [5, 5.41) is 0. The summed E-state index contributed by atoms with van der Waals surface area (Å²) >= 11 is 0. The molecule has 0 radical (unpaired) electrons. The van der Waals surface area contributed by atoms with Gasteiger partial charge in [-0.1, -0.05) is 0 Å². The van der Waals surface area contributed by atoms with Gasteiger partial charge in [-0.25, -0.2) is 4.98 Å². The second kappa shape index (κ2) is 5.00. The molecule has 0 aromatic carbocycles. The molecule has 0 aliphatic heterocycles. The minimum atomic E-state index is -4.15. The highest BCUT2D eigenvalue weighted by Crippen LogP contribution is 2.21. The average Bonchev–Trinajstić information content (AvgIpc) is 2.09. The molecule has 90 valence electrons. The highest BCUT2D eigenvalue weighted by atomic mass is 19.4. The van der Waals surface area contributed by atoms with E-state index in [1.165, 1.54) is 6.07 Å². The van der Waals surface area contributed by atoms with Crippen molar-refractivity contribution in [2.45, 2.75) is 25.9 Å². The minimum Gasteiger partial charge on any atom is -0.478 e. The predicted octanol–water partition coefficient (Wildman–Crippen LogP) is 2.09. The lowest BCUT2D eigenvalue weighted by Crippen LogP contribution is -2.10. The molecule has 0 unspecified atom stereocenters. The largest absolute Gasteiger partial charge is 0.478 e. The maximum atomic E-state index is 11.8. The molecular weight excluding hydrogens is 223 g/mol. The molecule has 1 aromatic heterocycles. The zero-order valence-electron chi connectivity index (χ0n) is 8.71. The van der Waals surface area contributed by atoms with Crippen molar-refractivity contribution < 1.29 is 17.9 Å². The highest BCUT2D eigenvalue weighted by Gasteiger charge is 2.26. The Hall–Kier alpha value is -1.53. The van der Waals surface area contributed by atoms with Gasteiger partial charge in [0.1, 0.15) is 11.6 Å². The topological polar surface area (TPSA) is 61.0 Å². The number of alkyl halides is 3. The number of nitrogen functional groups attached to an aromatic ring is 1. The van der Waals surface area contributed by atoms with Gasteiger partial charge in [-0.3, -0.25) is 0 Å². The smallest absolute Gasteiger partial charge is 0.389 e. The summed E-state index contributed by atoms with van der Waals surface area (Å²) in [6, 6.07) is 1.38. The van der Waals surface area contributed by atoms with Crippen LogP contribution in [-0.4, -0.2) is 22.8 Å². The van der Waals surface area contributed by atoms with E-state index in [1.807, 2.05) is 0 Å². The quantitative estimate of drug-likeness (QED) is 0.812. The van der Waals surface area contributed by atoms with Crippen molar-refractivity contribution in [2.24, 2.45) is 0 Å². The number of hydrogen-bond acceptors (Lipinski definition) is 4. The van der Waals surface area contributed by atoms with Gasteiger partial charge in [-0.05, 0) is 13.3 Å². The summed E-state index contributed by atoms with van der Waals surface area (Å²) in [7, 11) is 0. The number of rotatable bonds is 4. The molecule has 0 aliphatic carbocycles. The number of hydrogen-bond donors (Lipinski definition) is 1. The maximum absolute atomic E-state index is 11.8. The molecular formula is C9H12F3N3O. The Kier molecular flexibility index (Phi) is 3.92. The van der Waals surface area contributed by atoms with Crippen molar-refractivity contribution in [3.63, 3.8) is 0 Å². The first kappa shape index (κ1) is 12.5. The van der Waals surface area contributed by atoms with Gasteiger partial charge in [-0.15, -0.1) is 0 Å². The summed E-state index contributed by atoms with van der Waals surface area (Å²) < 4.78 is 40.5. The maximum Gasteiger partial charge on any atom is 0.389 e. The first-order valence-corrected chi connectivity index (χ1v) is 4.67. The fourth-order valence-corrected chi connectivity index (χ4v) is 1.09. The van der Waals surface area contributed by atoms with E-state index in [9.17, 15) is 13.2 Å². The second-order valence-electron chi connectivity index (χ2n) is 3.25. The third-order valence-corrected chi connectivity index (χ3v) is 1.69.